The van der Waals surface area contributed by atoms with Gasteiger partial charge < -0.3 is 39.8 Å². The monoisotopic (exact) mass is 371 g/mol. The summed E-state index contributed by atoms with van der Waals surface area (Å²) in [6, 6.07) is 1.31. The number of rotatable bonds is 5. The van der Waals surface area contributed by atoms with Gasteiger partial charge in [-0.2, -0.15) is 4.98 Å². The molecule has 0 aliphatic carbocycles. The number of nitrogens with one attached hydrogen (secondary N) is 2. The third kappa shape index (κ3) is 6.48. The van der Waals surface area contributed by atoms with Gasteiger partial charge in [-0.15, -0.1) is 0 Å². The zero-order valence-electron chi connectivity index (χ0n) is 10.5. The van der Waals surface area contributed by atoms with Crippen LogP contribution in [0.2, 0.25) is 0 Å². The molecule has 1 aromatic rings. The number of H-pyrrole nitrogens is 1. The van der Waals surface area contributed by atoms with Crippen LogP contribution in [0.25, 0.3) is 0 Å². The van der Waals surface area contributed by atoms with Crippen molar-refractivity contribution in [3.8, 4) is 0 Å². The molecule has 0 radical (unpaired) electrons. The first-order valence-corrected chi connectivity index (χ1v) is 7.54. The van der Waals surface area contributed by atoms with Gasteiger partial charge in [-0.3, -0.25) is 4.57 Å². The maximum absolute atomic E-state index is 11.1. The molecule has 1 aromatic heterocycles. The molecule has 1 fully saturated rings. The Balaban J connectivity index is 0.00000242. The normalized spacial score (nSPS) is 27.0. The molecule has 122 valence electrons. The summed E-state index contributed by atoms with van der Waals surface area (Å²) in [6.45, 7) is -0.335. The average molecular weight is 371 g/mol. The second-order valence-corrected chi connectivity index (χ2v) is 5.92. The first-order valence-electron chi connectivity index (χ1n) is 5.74. The van der Waals surface area contributed by atoms with Gasteiger partial charge in [-0.25, -0.2) is 4.79 Å². The van der Waals surface area contributed by atoms with Crippen LogP contribution in [0.4, 0.5) is 5.82 Å². The van der Waals surface area contributed by atoms with Crippen LogP contribution in [0.5, 0.6) is 0 Å². The molecule has 1 aliphatic rings. The molecule has 14 heteroatoms. The number of hydrogen-bond acceptors (Lipinski definition) is 8. The van der Waals surface area contributed by atoms with Crippen molar-refractivity contribution >= 4 is 72.5 Å². The number of hydrogen-bond donors (Lipinski definition) is 6. The number of aliphatic hydroxyl groups is 2. The van der Waals surface area contributed by atoms with E-state index in [0.717, 1.165) is 0 Å². The Bertz CT molecular complexity index is 612. The van der Waals surface area contributed by atoms with E-state index in [2.05, 4.69) is 15.3 Å². The molecule has 2 rings (SSSR count). The fourth-order valence-electron chi connectivity index (χ4n) is 1.71. The van der Waals surface area contributed by atoms with Crippen molar-refractivity contribution in [1.29, 1.82) is 0 Å². The van der Waals surface area contributed by atoms with Gasteiger partial charge in [0.15, 0.2) is 12.5 Å². The van der Waals surface area contributed by atoms with Crippen molar-refractivity contribution in [3.05, 3.63) is 22.7 Å². The Labute approximate surface area is 174 Å². The van der Waals surface area contributed by atoms with Crippen molar-refractivity contribution in [3.63, 3.8) is 0 Å². The third-order valence-electron chi connectivity index (χ3n) is 2.64. The van der Waals surface area contributed by atoms with Gasteiger partial charge in [0.1, 0.15) is 11.9 Å². The number of anilines is 1. The maximum atomic E-state index is 11.1. The molecule has 0 unspecified atom stereocenters. The van der Waals surface area contributed by atoms with Crippen LogP contribution in [-0.4, -0.2) is 120 Å². The summed E-state index contributed by atoms with van der Waals surface area (Å²) in [7, 11) is -4.54. The van der Waals surface area contributed by atoms with Crippen LogP contribution < -0.4 is 11.0 Å². The van der Waals surface area contributed by atoms with E-state index in [1.807, 2.05) is 0 Å². The molecular weight excluding hydrogens is 355 g/mol. The fourth-order valence-corrected chi connectivity index (χ4v) is 2.07. The molecule has 0 amide bonds. The van der Waals surface area contributed by atoms with Gasteiger partial charge in [0.05, 0.1) is 6.61 Å². The second-order valence-electron chi connectivity index (χ2n) is 4.33. The minimum absolute atomic E-state index is 0. The van der Waals surface area contributed by atoms with E-state index in [1.165, 1.54) is 12.3 Å². The molecule has 0 aromatic carbocycles. The number of ether oxygens (including phenoxy) is 2. The van der Waals surface area contributed by atoms with Crippen LogP contribution in [-0.2, 0) is 14.0 Å². The molecule has 0 saturated carbocycles. The number of aromatic nitrogens is 2. The van der Waals surface area contributed by atoms with E-state index >= 15 is 0 Å². The van der Waals surface area contributed by atoms with Crippen molar-refractivity contribution in [2.24, 2.45) is 0 Å². The SMILES string of the molecule is O=c1nc(N[C@]2(OCP(=O)(O)O)OC[C@@H](O)[C@H]2O)cc[nH]1.[NaH].[NaH]. The molecule has 23 heavy (non-hydrogen) atoms. The molecule has 1 aliphatic heterocycles. The van der Waals surface area contributed by atoms with Gasteiger partial charge in [0.25, 0.3) is 5.91 Å². The van der Waals surface area contributed by atoms with Crippen molar-refractivity contribution in [2.45, 2.75) is 18.1 Å². The standard InChI is InChI=1S/C9H14N3O8P.2Na.2H/c13-5-3-19-9(7(5)14,20-4-21(16,17)18)12-6-1-2-10-8(15)11-6;;;;/h1-2,5,7,13-14H,3-4H2,(H2,16,17,18)(H2,10,11,12,15);;;;/t5-,7-,9+;;;;/m1..../s1. The van der Waals surface area contributed by atoms with Crippen LogP contribution >= 0.6 is 7.60 Å². The molecular formula is C9H16N3Na2O8P. The first-order chi connectivity index (χ1) is 9.72. The Kier molecular flexibility index (Phi) is 9.66. The summed E-state index contributed by atoms with van der Waals surface area (Å²) in [5.74, 6) is -2.20. The van der Waals surface area contributed by atoms with Gasteiger partial charge in [0.2, 0.25) is 0 Å². The van der Waals surface area contributed by atoms with Gasteiger partial charge in [-0.05, 0) is 6.07 Å². The number of nitrogens with zero attached hydrogens (tertiary/aromatic N) is 1. The Morgan fingerprint density at radius 3 is 2.61 bits per heavy atom. The summed E-state index contributed by atoms with van der Waals surface area (Å²) in [5.41, 5.74) is -0.696. The molecule has 0 bridgehead atoms. The van der Waals surface area contributed by atoms with Crippen LogP contribution in [0.1, 0.15) is 0 Å². The Hall–Kier alpha value is 0.670. The third-order valence-corrected chi connectivity index (χ3v) is 3.11. The number of aliphatic hydroxyl groups excluding tert-OH is 2. The zero-order chi connectivity index (χ0) is 15.7. The van der Waals surface area contributed by atoms with E-state index in [9.17, 15) is 19.6 Å². The summed E-state index contributed by atoms with van der Waals surface area (Å²) < 4.78 is 20.9. The molecule has 6 N–H and O–H groups in total. The van der Waals surface area contributed by atoms with Crippen LogP contribution in [0.15, 0.2) is 17.1 Å². The first kappa shape index (κ1) is 23.7. The summed E-state index contributed by atoms with van der Waals surface area (Å²) in [5, 5.41) is 21.8. The summed E-state index contributed by atoms with van der Waals surface area (Å²) >= 11 is 0. The van der Waals surface area contributed by atoms with E-state index in [4.69, 9.17) is 19.3 Å². The number of aromatic amines is 1. The predicted molar refractivity (Wildman–Crippen MR) is 81.5 cm³/mol. The molecule has 1 saturated heterocycles. The quantitative estimate of drug-likeness (QED) is 0.173. The molecule has 11 nitrogen and oxygen atoms in total. The van der Waals surface area contributed by atoms with Crippen molar-refractivity contribution in [1.82, 2.24) is 9.97 Å². The van der Waals surface area contributed by atoms with Crippen LogP contribution in [0.3, 0.4) is 0 Å². The molecule has 3 atom stereocenters. The predicted octanol–water partition coefficient (Wildman–Crippen LogP) is -3.56. The average Bonchev–Trinajstić information content (AvgIpc) is 2.65. The van der Waals surface area contributed by atoms with Crippen molar-refractivity contribution in [2.75, 3.05) is 18.3 Å². The van der Waals surface area contributed by atoms with Gasteiger partial charge in [-0.1, -0.05) is 0 Å². The summed E-state index contributed by atoms with van der Waals surface area (Å²) in [4.78, 5) is 34.6. The van der Waals surface area contributed by atoms with E-state index in [1.54, 1.807) is 0 Å². The Morgan fingerprint density at radius 1 is 1.48 bits per heavy atom. The topological polar surface area (TPSA) is 174 Å². The molecule has 0 spiro atoms. The van der Waals surface area contributed by atoms with Crippen LogP contribution in [0, 0.1) is 0 Å². The van der Waals surface area contributed by atoms with E-state index in [0.29, 0.717) is 0 Å². The second kappa shape index (κ2) is 9.39. The fraction of sp³-hybridized carbons (Fsp3) is 0.556. The molecule has 2 heterocycles. The summed E-state index contributed by atoms with van der Waals surface area (Å²) in [6.07, 6.45) is -2.79. The van der Waals surface area contributed by atoms with Gasteiger partial charge in [0, 0.05) is 6.20 Å². The van der Waals surface area contributed by atoms with E-state index in [-0.39, 0.29) is 71.5 Å². The Morgan fingerprint density at radius 2 is 2.13 bits per heavy atom. The van der Waals surface area contributed by atoms with Gasteiger partial charge >= 0.3 is 72.4 Å². The minimum atomic E-state index is -4.54. The van der Waals surface area contributed by atoms with E-state index < -0.39 is 37.8 Å². The van der Waals surface area contributed by atoms with Crippen molar-refractivity contribution < 1.29 is 34.0 Å². The zero-order valence-corrected chi connectivity index (χ0v) is 11.4.